The van der Waals surface area contributed by atoms with Gasteiger partial charge in [-0.2, -0.15) is 16.8 Å². The summed E-state index contributed by atoms with van der Waals surface area (Å²) in [6.07, 6.45) is 2.74. The maximum atomic E-state index is 10.2. The molecule has 0 aliphatic rings. The van der Waals surface area contributed by atoms with Crippen LogP contribution in [0.15, 0.2) is 12.2 Å². The lowest BCUT2D eigenvalue weighted by atomic mass is 10.6. The van der Waals surface area contributed by atoms with Gasteiger partial charge in [-0.3, -0.25) is 9.11 Å². The van der Waals surface area contributed by atoms with Crippen LogP contribution in [0.5, 0.6) is 0 Å². The molecule has 6 nitrogen and oxygen atoms in total. The van der Waals surface area contributed by atoms with Crippen LogP contribution in [-0.4, -0.2) is 37.4 Å². The van der Waals surface area contributed by atoms with E-state index in [1.165, 1.54) is 12.2 Å². The lowest BCUT2D eigenvalue weighted by Crippen LogP contribution is -1.91. The van der Waals surface area contributed by atoms with Gasteiger partial charge in [0.05, 0.1) is 0 Å². The van der Waals surface area contributed by atoms with Crippen molar-refractivity contribution >= 4 is 39.9 Å². The summed E-state index contributed by atoms with van der Waals surface area (Å²) in [4.78, 5) is 0. The number of hydrogen-bond acceptors (Lipinski definition) is 6. The van der Waals surface area contributed by atoms with Crippen molar-refractivity contribution in [1.29, 1.82) is 0 Å². The predicted octanol–water partition coefficient (Wildman–Crippen LogP) is 0.615. The van der Waals surface area contributed by atoms with Gasteiger partial charge in [0, 0.05) is 33.1 Å². The van der Waals surface area contributed by atoms with Crippen molar-refractivity contribution in [3.63, 3.8) is 0 Å². The van der Waals surface area contributed by atoms with Gasteiger partial charge in [-0.15, -0.1) is 0 Å². The minimum absolute atomic E-state index is 0.0187. The molecule has 0 radical (unpaired) electrons. The highest BCUT2D eigenvalue weighted by Crippen LogP contribution is 2.11. The van der Waals surface area contributed by atoms with Crippen LogP contribution in [-0.2, 0) is 18.3 Å². The first-order valence-electron chi connectivity index (χ1n) is 3.09. The van der Waals surface area contributed by atoms with E-state index in [1.807, 2.05) is 0 Å². The predicted molar refractivity (Wildman–Crippen MR) is 57.2 cm³/mol. The highest BCUT2D eigenvalue weighted by Gasteiger charge is 2.03. The summed E-state index contributed by atoms with van der Waals surface area (Å²) in [6.45, 7) is 0. The third-order valence-electron chi connectivity index (χ3n) is 0.793. The number of hydrogen-bond donors (Lipinski definition) is 2. The largest absolute Gasteiger partial charge is 0.320 e. The minimum Gasteiger partial charge on any atom is -0.277 e. The zero-order chi connectivity index (χ0) is 11.2. The molecule has 14 heavy (non-hydrogen) atoms. The van der Waals surface area contributed by atoms with Crippen molar-refractivity contribution in [3.05, 3.63) is 12.2 Å². The average molecular weight is 280 g/mol. The maximum Gasteiger partial charge on any atom is 0.320 e. The van der Waals surface area contributed by atoms with Crippen LogP contribution < -0.4 is 0 Å². The second-order valence-corrected chi connectivity index (χ2v) is 8.69. The van der Waals surface area contributed by atoms with E-state index in [0.717, 1.165) is 0 Å². The molecule has 10 heteroatoms. The average Bonchev–Trinajstić information content (AvgIpc) is 1.92. The van der Waals surface area contributed by atoms with Crippen molar-refractivity contribution in [1.82, 2.24) is 0 Å². The molecule has 0 spiro atoms. The summed E-state index contributed by atoms with van der Waals surface area (Å²) < 4.78 is 57.2. The molecule has 0 amide bonds. The summed E-state index contributed by atoms with van der Waals surface area (Å²) in [5.41, 5.74) is 0. The third-order valence-corrected chi connectivity index (χ3v) is 4.65. The topological polar surface area (TPSA) is 109 Å². The van der Waals surface area contributed by atoms with Crippen LogP contribution in [0.25, 0.3) is 0 Å². The molecule has 0 aliphatic heterocycles. The van der Waals surface area contributed by atoms with Crippen LogP contribution in [0, 0.1) is 0 Å². The van der Waals surface area contributed by atoms with Gasteiger partial charge in [-0.05, 0) is 0 Å². The van der Waals surface area contributed by atoms with E-state index in [2.05, 4.69) is 0 Å². The second kappa shape index (κ2) is 5.98. The minimum atomic E-state index is -4.05. The first-order chi connectivity index (χ1) is 6.21. The SMILES string of the molecule is O=S(=O)(O)SC/C=C\CSS(=O)(=O)O. The zero-order valence-electron chi connectivity index (χ0n) is 6.73. The Morgan fingerprint density at radius 1 is 0.857 bits per heavy atom. The van der Waals surface area contributed by atoms with Gasteiger partial charge < -0.3 is 0 Å². The highest BCUT2D eigenvalue weighted by molar-refractivity contribution is 8.70. The first kappa shape index (κ1) is 14.3. The van der Waals surface area contributed by atoms with Gasteiger partial charge in [0.15, 0.2) is 0 Å². The molecular formula is C4H8O6S4. The lowest BCUT2D eigenvalue weighted by Gasteiger charge is -1.91. The first-order valence-corrected chi connectivity index (χ1v) is 8.98. The standard InChI is InChI=1S/C4H8O6S4/c5-13(6,7)11-3-1-2-4-12-14(8,9)10/h1-2H,3-4H2,(H,5,6,7)(H,8,9,10)/b2-1-. The quantitative estimate of drug-likeness (QED) is 0.414. The smallest absolute Gasteiger partial charge is 0.277 e. The Hall–Kier alpha value is 0.260. The fourth-order valence-electron chi connectivity index (χ4n) is 0.387. The van der Waals surface area contributed by atoms with Crippen LogP contribution >= 0.6 is 21.6 Å². The van der Waals surface area contributed by atoms with Crippen LogP contribution in [0.1, 0.15) is 0 Å². The van der Waals surface area contributed by atoms with Gasteiger partial charge in [-0.1, -0.05) is 12.2 Å². The van der Waals surface area contributed by atoms with E-state index >= 15 is 0 Å². The molecule has 0 unspecified atom stereocenters. The van der Waals surface area contributed by atoms with E-state index < -0.39 is 18.3 Å². The van der Waals surface area contributed by atoms with Crippen LogP contribution in [0.2, 0.25) is 0 Å². The van der Waals surface area contributed by atoms with E-state index in [0.29, 0.717) is 21.6 Å². The second-order valence-electron chi connectivity index (χ2n) is 1.90. The van der Waals surface area contributed by atoms with E-state index in [1.54, 1.807) is 0 Å². The van der Waals surface area contributed by atoms with Crippen molar-refractivity contribution in [3.8, 4) is 0 Å². The normalized spacial score (nSPS) is 13.6. The molecular weight excluding hydrogens is 272 g/mol. The van der Waals surface area contributed by atoms with E-state index in [4.69, 9.17) is 9.11 Å². The lowest BCUT2D eigenvalue weighted by molar-refractivity contribution is 0.501. The third kappa shape index (κ3) is 12.3. The van der Waals surface area contributed by atoms with Gasteiger partial charge in [0.1, 0.15) is 0 Å². The highest BCUT2D eigenvalue weighted by atomic mass is 33.2. The summed E-state index contributed by atoms with van der Waals surface area (Å²) in [7, 11) is -7.47. The zero-order valence-corrected chi connectivity index (χ0v) is 10.00. The van der Waals surface area contributed by atoms with Crippen molar-refractivity contribution < 1.29 is 25.9 Å². The molecule has 2 N–H and O–H groups in total. The summed E-state index contributed by atoms with van der Waals surface area (Å²) in [6, 6.07) is 0. The summed E-state index contributed by atoms with van der Waals surface area (Å²) in [5.74, 6) is 0.0374. The number of rotatable bonds is 6. The molecule has 0 atom stereocenters. The van der Waals surface area contributed by atoms with Crippen LogP contribution in [0.4, 0.5) is 0 Å². The molecule has 84 valence electrons. The molecule has 0 aromatic rings. The van der Waals surface area contributed by atoms with E-state index in [-0.39, 0.29) is 11.5 Å². The molecule has 0 saturated heterocycles. The fraction of sp³-hybridized carbons (Fsp3) is 0.500. The monoisotopic (exact) mass is 280 g/mol. The van der Waals surface area contributed by atoms with Crippen molar-refractivity contribution in [2.45, 2.75) is 0 Å². The Kier molecular flexibility index (Phi) is 6.09. The Morgan fingerprint density at radius 2 is 1.14 bits per heavy atom. The molecule has 0 fully saturated rings. The Balaban J connectivity index is 3.67. The molecule has 0 aromatic carbocycles. The summed E-state index contributed by atoms with van der Waals surface area (Å²) >= 11 is 0. The van der Waals surface area contributed by atoms with E-state index in [9.17, 15) is 16.8 Å². The van der Waals surface area contributed by atoms with Crippen LogP contribution in [0.3, 0.4) is 0 Å². The molecule has 0 aromatic heterocycles. The maximum absolute atomic E-state index is 10.2. The molecule has 0 rings (SSSR count). The van der Waals surface area contributed by atoms with Crippen molar-refractivity contribution in [2.75, 3.05) is 11.5 Å². The Labute approximate surface area is 89.4 Å². The molecule has 0 heterocycles. The summed E-state index contributed by atoms with van der Waals surface area (Å²) in [5, 5.41) is 0. The van der Waals surface area contributed by atoms with Gasteiger partial charge >= 0.3 is 18.3 Å². The van der Waals surface area contributed by atoms with Gasteiger partial charge in [0.25, 0.3) is 0 Å². The van der Waals surface area contributed by atoms with Gasteiger partial charge in [-0.25, -0.2) is 0 Å². The Morgan fingerprint density at radius 3 is 1.36 bits per heavy atom. The molecule has 0 saturated carbocycles. The molecule has 0 bridgehead atoms. The Bertz CT molecular complexity index is 340. The fourth-order valence-corrected chi connectivity index (χ4v) is 2.66. The molecule has 0 aliphatic carbocycles. The van der Waals surface area contributed by atoms with Gasteiger partial charge in [0.2, 0.25) is 0 Å². The van der Waals surface area contributed by atoms with Crippen molar-refractivity contribution in [2.24, 2.45) is 0 Å².